The summed E-state index contributed by atoms with van der Waals surface area (Å²) in [6.45, 7) is 0.595. The van der Waals surface area contributed by atoms with Crippen LogP contribution in [0.1, 0.15) is 0 Å². The average molecular weight is 376 g/mol. The van der Waals surface area contributed by atoms with Crippen LogP contribution in [-0.4, -0.2) is 74.1 Å². The molecular formula is C11H13F9N2O2. The molecule has 1 amide bonds. The number of alkyl halides is 9. The number of morpholine rings is 1. The van der Waals surface area contributed by atoms with Crippen LogP contribution in [0.5, 0.6) is 0 Å². The van der Waals surface area contributed by atoms with Crippen molar-refractivity contribution < 1.29 is 49.0 Å². The fraction of sp³-hybridized carbons (Fsp3) is 0.909. The van der Waals surface area contributed by atoms with Gasteiger partial charge in [0.1, 0.15) is 0 Å². The molecule has 0 radical (unpaired) electrons. The molecule has 1 aliphatic heterocycles. The van der Waals surface area contributed by atoms with E-state index in [-0.39, 0.29) is 6.54 Å². The van der Waals surface area contributed by atoms with Crippen LogP contribution in [0.4, 0.5) is 39.5 Å². The largest absolute Gasteiger partial charge is 0.460 e. The molecule has 1 aliphatic rings. The normalized spacial score (nSPS) is 18.5. The number of rotatable bonds is 6. The molecule has 142 valence electrons. The molecule has 0 aromatic rings. The maximum Gasteiger partial charge on any atom is 0.460 e. The zero-order valence-electron chi connectivity index (χ0n) is 11.9. The van der Waals surface area contributed by atoms with Crippen LogP contribution in [0.15, 0.2) is 0 Å². The molecule has 1 saturated heterocycles. The number of halogens is 9. The van der Waals surface area contributed by atoms with Gasteiger partial charge in [0.2, 0.25) is 0 Å². The first-order chi connectivity index (χ1) is 10.7. The van der Waals surface area contributed by atoms with Crippen molar-refractivity contribution in [1.29, 1.82) is 0 Å². The number of nitrogens with one attached hydrogen (secondary N) is 1. The summed E-state index contributed by atoms with van der Waals surface area (Å²) in [6, 6.07) is 0. The fourth-order valence-corrected chi connectivity index (χ4v) is 1.78. The summed E-state index contributed by atoms with van der Waals surface area (Å²) in [4.78, 5) is 12.6. The third-order valence-electron chi connectivity index (χ3n) is 3.25. The van der Waals surface area contributed by atoms with Crippen molar-refractivity contribution in [2.24, 2.45) is 0 Å². The van der Waals surface area contributed by atoms with Crippen LogP contribution in [0.3, 0.4) is 0 Å². The minimum atomic E-state index is -7.08. The summed E-state index contributed by atoms with van der Waals surface area (Å²) in [6.07, 6.45) is -6.95. The number of hydrogen-bond acceptors (Lipinski definition) is 3. The van der Waals surface area contributed by atoms with Gasteiger partial charge in [-0.15, -0.1) is 0 Å². The second-order valence-corrected chi connectivity index (χ2v) is 4.93. The zero-order chi connectivity index (χ0) is 18.8. The molecule has 1 fully saturated rings. The third kappa shape index (κ3) is 3.87. The van der Waals surface area contributed by atoms with Crippen molar-refractivity contribution in [3.8, 4) is 0 Å². The van der Waals surface area contributed by atoms with Crippen LogP contribution < -0.4 is 5.32 Å². The smallest absolute Gasteiger partial charge is 0.379 e. The van der Waals surface area contributed by atoms with Gasteiger partial charge in [-0.1, -0.05) is 0 Å². The van der Waals surface area contributed by atoms with E-state index in [1.807, 2.05) is 0 Å². The van der Waals surface area contributed by atoms with Crippen LogP contribution >= 0.6 is 0 Å². The van der Waals surface area contributed by atoms with Gasteiger partial charge in [0.05, 0.1) is 13.2 Å². The van der Waals surface area contributed by atoms with Gasteiger partial charge in [0.15, 0.2) is 0 Å². The maximum atomic E-state index is 13.2. The Morgan fingerprint density at radius 2 is 1.42 bits per heavy atom. The Kier molecular flexibility index (Phi) is 6.02. The van der Waals surface area contributed by atoms with Gasteiger partial charge in [-0.3, -0.25) is 9.69 Å². The summed E-state index contributed by atoms with van der Waals surface area (Å²) < 4.78 is 118. The Morgan fingerprint density at radius 1 is 0.917 bits per heavy atom. The number of ether oxygens (including phenoxy) is 1. The monoisotopic (exact) mass is 376 g/mol. The molecule has 24 heavy (non-hydrogen) atoms. The zero-order valence-corrected chi connectivity index (χ0v) is 11.9. The first-order valence-electron chi connectivity index (χ1n) is 6.53. The van der Waals surface area contributed by atoms with Crippen LogP contribution in [-0.2, 0) is 9.53 Å². The predicted molar refractivity (Wildman–Crippen MR) is 61.2 cm³/mol. The van der Waals surface area contributed by atoms with Gasteiger partial charge in [-0.2, -0.15) is 39.5 Å². The van der Waals surface area contributed by atoms with E-state index in [0.29, 0.717) is 26.3 Å². The predicted octanol–water partition coefficient (Wildman–Crippen LogP) is 1.90. The number of amides is 1. The topological polar surface area (TPSA) is 41.6 Å². The van der Waals surface area contributed by atoms with Gasteiger partial charge in [-0.05, 0) is 0 Å². The van der Waals surface area contributed by atoms with Crippen LogP contribution in [0.25, 0.3) is 0 Å². The molecule has 0 aromatic heterocycles. The van der Waals surface area contributed by atoms with E-state index >= 15 is 0 Å². The summed E-state index contributed by atoms with van der Waals surface area (Å²) in [5.41, 5.74) is 0. The van der Waals surface area contributed by atoms with E-state index < -0.39 is 36.4 Å². The third-order valence-corrected chi connectivity index (χ3v) is 3.25. The summed E-state index contributed by atoms with van der Waals surface area (Å²) in [5, 5.41) is 1.25. The highest BCUT2D eigenvalue weighted by Crippen LogP contribution is 2.53. The number of nitrogens with zero attached hydrogens (tertiary/aromatic N) is 1. The van der Waals surface area contributed by atoms with E-state index in [1.165, 1.54) is 5.32 Å². The second kappa shape index (κ2) is 6.94. The van der Waals surface area contributed by atoms with Crippen molar-refractivity contribution >= 4 is 5.91 Å². The maximum absolute atomic E-state index is 13.2. The number of carbonyl (C=O) groups excluding carboxylic acids is 1. The number of carbonyl (C=O) groups is 1. The molecule has 0 atom stereocenters. The molecule has 1 N–H and O–H groups in total. The van der Waals surface area contributed by atoms with E-state index in [4.69, 9.17) is 4.74 Å². The Labute approximate surface area is 129 Å². The lowest BCUT2D eigenvalue weighted by Crippen LogP contribution is -2.65. The highest BCUT2D eigenvalue weighted by molar-refractivity contribution is 5.84. The molecule has 0 saturated carbocycles. The molecule has 1 heterocycles. The van der Waals surface area contributed by atoms with Crippen molar-refractivity contribution in [2.45, 2.75) is 23.9 Å². The summed E-state index contributed by atoms with van der Waals surface area (Å²) >= 11 is 0. The fourth-order valence-electron chi connectivity index (χ4n) is 1.78. The van der Waals surface area contributed by atoms with E-state index in [2.05, 4.69) is 0 Å². The lowest BCUT2D eigenvalue weighted by molar-refractivity contribution is -0.388. The molecule has 0 unspecified atom stereocenters. The van der Waals surface area contributed by atoms with E-state index in [9.17, 15) is 44.3 Å². The molecule has 0 spiro atoms. The highest BCUT2D eigenvalue weighted by Gasteiger charge is 2.83. The van der Waals surface area contributed by atoms with Gasteiger partial charge >= 0.3 is 23.9 Å². The van der Waals surface area contributed by atoms with Gasteiger partial charge in [0, 0.05) is 26.2 Å². The first-order valence-corrected chi connectivity index (χ1v) is 6.53. The van der Waals surface area contributed by atoms with Crippen molar-refractivity contribution in [1.82, 2.24) is 10.2 Å². The van der Waals surface area contributed by atoms with Gasteiger partial charge in [-0.25, -0.2) is 0 Å². The highest BCUT2D eigenvalue weighted by atomic mass is 19.4. The Hall–Kier alpha value is -1.24. The standard InChI is InChI=1S/C11H13F9N2O2/c12-8(13,9(14,15)10(16,17)11(18,19)20)7(23)21-1-2-22-3-5-24-6-4-22/h1-6H2,(H,21,23). The second-order valence-electron chi connectivity index (χ2n) is 4.93. The average Bonchev–Trinajstić information content (AvgIpc) is 2.46. The molecule has 13 heteroatoms. The molecule has 0 aromatic carbocycles. The molecule has 1 rings (SSSR count). The van der Waals surface area contributed by atoms with Crippen molar-refractivity contribution in [2.75, 3.05) is 39.4 Å². The summed E-state index contributed by atoms with van der Waals surface area (Å²) in [7, 11) is 0. The van der Waals surface area contributed by atoms with Crippen LogP contribution in [0, 0.1) is 0 Å². The molecule has 0 aliphatic carbocycles. The molecule has 0 bridgehead atoms. The quantitative estimate of drug-likeness (QED) is 0.721. The molecular weight excluding hydrogens is 363 g/mol. The lowest BCUT2D eigenvalue weighted by Gasteiger charge is -2.33. The van der Waals surface area contributed by atoms with Gasteiger partial charge in [0.25, 0.3) is 5.91 Å². The van der Waals surface area contributed by atoms with E-state index in [1.54, 1.807) is 4.90 Å². The Morgan fingerprint density at radius 3 is 1.88 bits per heavy atom. The first kappa shape index (κ1) is 20.8. The summed E-state index contributed by atoms with van der Waals surface area (Å²) in [5.74, 6) is -23.2. The minimum absolute atomic E-state index is 0.0909. The van der Waals surface area contributed by atoms with Gasteiger partial charge < -0.3 is 10.1 Å². The Bertz CT molecular complexity index is 447. The van der Waals surface area contributed by atoms with Crippen molar-refractivity contribution in [3.63, 3.8) is 0 Å². The number of hydrogen-bond donors (Lipinski definition) is 1. The molecule has 4 nitrogen and oxygen atoms in total. The van der Waals surface area contributed by atoms with Crippen LogP contribution in [0.2, 0.25) is 0 Å². The lowest BCUT2D eigenvalue weighted by atomic mass is 10.0. The van der Waals surface area contributed by atoms with E-state index in [0.717, 1.165) is 0 Å². The Balaban J connectivity index is 2.72. The van der Waals surface area contributed by atoms with Crippen molar-refractivity contribution in [3.05, 3.63) is 0 Å². The minimum Gasteiger partial charge on any atom is -0.379 e. The SMILES string of the molecule is O=C(NCCN1CCOCC1)C(F)(F)C(F)(F)C(F)(F)C(F)(F)F.